The number of carboxylic acid groups (broad SMARTS) is 1. The number of nitrogens with zero attached hydrogens (tertiary/aromatic N) is 2. The van der Waals surface area contributed by atoms with Crippen molar-refractivity contribution in [2.75, 3.05) is 26.8 Å². The van der Waals surface area contributed by atoms with Gasteiger partial charge in [0.15, 0.2) is 0 Å². The van der Waals surface area contributed by atoms with Crippen molar-refractivity contribution < 1.29 is 29.1 Å². The zero-order chi connectivity index (χ0) is 23.1. The Kier molecular flexibility index (Phi) is 8.46. The molecule has 176 valence electrons. The quantitative estimate of drug-likeness (QED) is 0.632. The van der Waals surface area contributed by atoms with Gasteiger partial charge in [0.1, 0.15) is 6.04 Å². The van der Waals surface area contributed by atoms with E-state index in [4.69, 9.17) is 9.57 Å². The van der Waals surface area contributed by atoms with Crippen LogP contribution in [0.2, 0.25) is 0 Å². The van der Waals surface area contributed by atoms with Crippen LogP contribution in [0.3, 0.4) is 0 Å². The number of carbonyl (C=O) groups excluding carboxylic acids is 2. The minimum Gasteiger partial charge on any atom is -0.465 e. The molecule has 0 spiro atoms. The smallest absolute Gasteiger partial charge is 0.407 e. The van der Waals surface area contributed by atoms with Crippen LogP contribution in [0.15, 0.2) is 30.3 Å². The normalized spacial score (nSPS) is 21.6. The Morgan fingerprint density at radius 2 is 1.94 bits per heavy atom. The Morgan fingerprint density at radius 3 is 2.56 bits per heavy atom. The van der Waals surface area contributed by atoms with E-state index < -0.39 is 30.2 Å². The maximum absolute atomic E-state index is 13.2. The summed E-state index contributed by atoms with van der Waals surface area (Å²) in [6.07, 6.45) is 1.83. The van der Waals surface area contributed by atoms with Gasteiger partial charge in [0.05, 0.1) is 24.7 Å². The zero-order valence-corrected chi connectivity index (χ0v) is 18.7. The van der Waals surface area contributed by atoms with Gasteiger partial charge in [-0.05, 0) is 31.2 Å². The molecule has 2 heterocycles. The van der Waals surface area contributed by atoms with Gasteiger partial charge in [0.2, 0.25) is 5.91 Å². The highest BCUT2D eigenvalue weighted by Gasteiger charge is 2.40. The lowest BCUT2D eigenvalue weighted by Gasteiger charge is -2.34. The number of hydroxylamine groups is 2. The molecule has 0 radical (unpaired) electrons. The lowest BCUT2D eigenvalue weighted by Crippen LogP contribution is -2.55. The molecule has 3 rings (SSSR count). The highest BCUT2D eigenvalue weighted by molar-refractivity contribution is 5.88. The van der Waals surface area contributed by atoms with Crippen LogP contribution >= 0.6 is 0 Å². The lowest BCUT2D eigenvalue weighted by atomic mass is 9.94. The van der Waals surface area contributed by atoms with Crippen LogP contribution in [0.5, 0.6) is 0 Å². The van der Waals surface area contributed by atoms with Crippen molar-refractivity contribution in [2.24, 2.45) is 5.92 Å². The molecule has 0 saturated carbocycles. The first-order valence-corrected chi connectivity index (χ1v) is 11.2. The number of hydrogen-bond donors (Lipinski definition) is 2. The van der Waals surface area contributed by atoms with Crippen molar-refractivity contribution in [1.29, 1.82) is 0 Å². The molecule has 0 bridgehead atoms. The van der Waals surface area contributed by atoms with Gasteiger partial charge in [-0.1, -0.05) is 37.3 Å². The highest BCUT2D eigenvalue weighted by Crippen LogP contribution is 2.26. The summed E-state index contributed by atoms with van der Waals surface area (Å²) >= 11 is 0. The van der Waals surface area contributed by atoms with E-state index in [0.29, 0.717) is 32.5 Å². The van der Waals surface area contributed by atoms with E-state index in [2.05, 4.69) is 5.32 Å². The van der Waals surface area contributed by atoms with Crippen LogP contribution < -0.4 is 5.32 Å². The van der Waals surface area contributed by atoms with E-state index in [9.17, 15) is 19.5 Å². The molecule has 4 atom stereocenters. The second-order valence-electron chi connectivity index (χ2n) is 8.41. The van der Waals surface area contributed by atoms with Gasteiger partial charge in [-0.15, -0.1) is 0 Å². The predicted octanol–water partition coefficient (Wildman–Crippen LogP) is 2.06. The van der Waals surface area contributed by atoms with Gasteiger partial charge in [-0.2, -0.15) is 0 Å². The summed E-state index contributed by atoms with van der Waals surface area (Å²) in [4.78, 5) is 44.8. The Balaban J connectivity index is 1.73. The Morgan fingerprint density at radius 1 is 1.19 bits per heavy atom. The van der Waals surface area contributed by atoms with Crippen molar-refractivity contribution in [3.8, 4) is 0 Å². The summed E-state index contributed by atoms with van der Waals surface area (Å²) in [5, 5.41) is 13.7. The maximum Gasteiger partial charge on any atom is 0.407 e. The lowest BCUT2D eigenvalue weighted by molar-refractivity contribution is -0.199. The molecule has 2 aliphatic rings. The number of hydrogen-bond acceptors (Lipinski definition) is 5. The molecular formula is C23H33N3O6. The van der Waals surface area contributed by atoms with Crippen LogP contribution in [-0.2, 0) is 25.6 Å². The molecule has 0 aliphatic carbocycles. The van der Waals surface area contributed by atoms with Crippen LogP contribution in [0.1, 0.15) is 38.2 Å². The number of nitrogens with one attached hydrogen (secondary N) is 1. The fraction of sp³-hybridized carbons (Fsp3) is 0.609. The SMILES string of the molecule is CO[C@H]([C@@H](C)C(=O)N[C@@H](Cc1ccccc1)C(=O)N1CCCCO1)[C@@H]1CCCN1C(=O)O. The average Bonchev–Trinajstić information content (AvgIpc) is 3.29. The van der Waals surface area contributed by atoms with Crippen molar-refractivity contribution in [1.82, 2.24) is 15.3 Å². The fourth-order valence-electron chi connectivity index (χ4n) is 4.51. The molecule has 1 aromatic carbocycles. The third-order valence-corrected chi connectivity index (χ3v) is 6.25. The topological polar surface area (TPSA) is 108 Å². The monoisotopic (exact) mass is 447 g/mol. The molecule has 0 aromatic heterocycles. The number of carbonyl (C=O) groups is 3. The van der Waals surface area contributed by atoms with Gasteiger partial charge >= 0.3 is 6.09 Å². The molecule has 9 nitrogen and oxygen atoms in total. The molecule has 1 aromatic rings. The number of rotatable bonds is 8. The van der Waals surface area contributed by atoms with Crippen molar-refractivity contribution in [3.05, 3.63) is 35.9 Å². The molecule has 2 aliphatic heterocycles. The summed E-state index contributed by atoms with van der Waals surface area (Å²) in [6, 6.07) is 8.31. The average molecular weight is 448 g/mol. The molecule has 2 N–H and O–H groups in total. The summed E-state index contributed by atoms with van der Waals surface area (Å²) in [5.41, 5.74) is 0.923. The molecule has 2 saturated heterocycles. The van der Waals surface area contributed by atoms with Gasteiger partial charge in [-0.25, -0.2) is 9.86 Å². The first-order chi connectivity index (χ1) is 15.4. The summed E-state index contributed by atoms with van der Waals surface area (Å²) in [5.74, 6) is -1.27. The molecule has 9 heteroatoms. The summed E-state index contributed by atoms with van der Waals surface area (Å²) in [6.45, 7) is 3.11. The first kappa shape index (κ1) is 24.0. The fourth-order valence-corrected chi connectivity index (χ4v) is 4.51. The van der Waals surface area contributed by atoms with Crippen LogP contribution in [0.4, 0.5) is 4.79 Å². The summed E-state index contributed by atoms with van der Waals surface area (Å²) < 4.78 is 5.59. The van der Waals surface area contributed by atoms with Crippen molar-refractivity contribution in [2.45, 2.75) is 57.2 Å². The Hall–Kier alpha value is -2.65. The summed E-state index contributed by atoms with van der Waals surface area (Å²) in [7, 11) is 1.49. The number of amides is 3. The van der Waals surface area contributed by atoms with Gasteiger partial charge < -0.3 is 20.1 Å². The number of methoxy groups -OCH3 is 1. The molecule has 32 heavy (non-hydrogen) atoms. The van der Waals surface area contributed by atoms with E-state index in [1.807, 2.05) is 30.3 Å². The number of ether oxygens (including phenoxy) is 1. The van der Waals surface area contributed by atoms with E-state index in [1.54, 1.807) is 6.92 Å². The van der Waals surface area contributed by atoms with E-state index in [0.717, 1.165) is 24.8 Å². The second-order valence-corrected chi connectivity index (χ2v) is 8.41. The van der Waals surface area contributed by atoms with Crippen LogP contribution in [0, 0.1) is 5.92 Å². The molecule has 0 unspecified atom stereocenters. The third kappa shape index (κ3) is 5.77. The van der Waals surface area contributed by atoms with E-state index in [1.165, 1.54) is 17.1 Å². The van der Waals surface area contributed by atoms with Gasteiger partial charge in [0.25, 0.3) is 5.91 Å². The predicted molar refractivity (Wildman–Crippen MR) is 117 cm³/mol. The Bertz CT molecular complexity index is 783. The van der Waals surface area contributed by atoms with Crippen LogP contribution in [0.25, 0.3) is 0 Å². The standard InChI is InChI=1S/C23H33N3O6/c1-16(20(31-2)19-11-8-12-25(19)23(29)30)21(27)24-18(15-17-9-4-3-5-10-17)22(28)26-13-6-7-14-32-26/h3-5,9-10,16,18-20H,6-8,11-15H2,1-2H3,(H,24,27)(H,29,30)/t16-,18+,19+,20-/m1/s1. The maximum atomic E-state index is 13.2. The number of benzene rings is 1. The van der Waals surface area contributed by atoms with E-state index >= 15 is 0 Å². The Labute approximate surface area is 188 Å². The zero-order valence-electron chi connectivity index (χ0n) is 18.7. The number of likely N-dealkylation sites (tertiary alicyclic amines) is 1. The van der Waals surface area contributed by atoms with Gasteiger partial charge in [0, 0.05) is 26.6 Å². The minimum absolute atomic E-state index is 0.281. The first-order valence-electron chi connectivity index (χ1n) is 11.2. The van der Waals surface area contributed by atoms with Crippen molar-refractivity contribution >= 4 is 17.9 Å². The van der Waals surface area contributed by atoms with Crippen molar-refractivity contribution in [3.63, 3.8) is 0 Å². The van der Waals surface area contributed by atoms with Gasteiger partial charge in [-0.3, -0.25) is 14.4 Å². The van der Waals surface area contributed by atoms with E-state index in [-0.39, 0.29) is 11.8 Å². The molecule has 3 amide bonds. The molecule has 2 fully saturated rings. The highest BCUT2D eigenvalue weighted by atomic mass is 16.7. The third-order valence-electron chi connectivity index (χ3n) is 6.25. The van der Waals surface area contributed by atoms with Crippen LogP contribution in [-0.4, -0.2) is 78.0 Å². The largest absolute Gasteiger partial charge is 0.465 e. The second kappa shape index (κ2) is 11.3. The molecular weight excluding hydrogens is 414 g/mol. The minimum atomic E-state index is -1.01.